The highest BCUT2D eigenvalue weighted by Gasteiger charge is 2.31. The van der Waals surface area contributed by atoms with Crippen LogP contribution >= 0.6 is 0 Å². The second kappa shape index (κ2) is 9.29. The summed E-state index contributed by atoms with van der Waals surface area (Å²) < 4.78 is 0. The van der Waals surface area contributed by atoms with Crippen molar-refractivity contribution < 1.29 is 0 Å². The first kappa shape index (κ1) is 23.7. The molecule has 5 nitrogen and oxygen atoms in total. The van der Waals surface area contributed by atoms with E-state index in [4.69, 9.17) is 19.9 Å². The van der Waals surface area contributed by atoms with Crippen molar-refractivity contribution in [3.8, 4) is 33.6 Å². The number of rotatable bonds is 3. The molecule has 43 heavy (non-hydrogen) atoms. The maximum atomic E-state index is 5.29. The molecule has 1 aliphatic rings. The average molecular weight is 550 g/mol. The fourth-order valence-corrected chi connectivity index (χ4v) is 6.27. The van der Waals surface area contributed by atoms with Crippen molar-refractivity contribution in [3.05, 3.63) is 140 Å². The van der Waals surface area contributed by atoms with Crippen LogP contribution in [0.25, 0.3) is 66.2 Å². The minimum absolute atomic E-state index is 0.576. The molecule has 3 aromatic heterocycles. The first-order valence-electron chi connectivity index (χ1n) is 14.3. The summed E-state index contributed by atoms with van der Waals surface area (Å²) in [5, 5.41) is 4.22. The van der Waals surface area contributed by atoms with E-state index in [1.807, 2.05) is 36.5 Å². The fraction of sp³-hybridized carbons (Fsp3) is 0. The zero-order chi connectivity index (χ0) is 28.3. The summed E-state index contributed by atoms with van der Waals surface area (Å²) in [6.45, 7) is 0. The number of nitrogens with zero attached hydrogens (tertiary/aromatic N) is 5. The molecule has 0 N–H and O–H groups in total. The van der Waals surface area contributed by atoms with Crippen LogP contribution in [0.3, 0.4) is 0 Å². The quantitative estimate of drug-likeness (QED) is 0.205. The van der Waals surface area contributed by atoms with E-state index < -0.39 is 0 Å². The minimum atomic E-state index is 0.576. The maximum absolute atomic E-state index is 5.29. The second-order valence-electron chi connectivity index (χ2n) is 10.7. The SMILES string of the molecule is c1ccc(-c2ccc(-c3nc(N4c5ccccc5-c5nccc6c5c4nc4ccccc46)nc4ccccc34)cc2)cc1. The van der Waals surface area contributed by atoms with Crippen LogP contribution < -0.4 is 4.90 Å². The number of hydrogen-bond acceptors (Lipinski definition) is 5. The Morgan fingerprint density at radius 3 is 1.93 bits per heavy atom. The molecule has 8 aromatic rings. The van der Waals surface area contributed by atoms with E-state index in [0.29, 0.717) is 5.95 Å². The van der Waals surface area contributed by atoms with Crippen molar-refractivity contribution in [2.24, 2.45) is 0 Å². The number of para-hydroxylation sites is 3. The van der Waals surface area contributed by atoms with Crippen molar-refractivity contribution in [2.45, 2.75) is 0 Å². The third-order valence-electron chi connectivity index (χ3n) is 8.26. The van der Waals surface area contributed by atoms with Gasteiger partial charge in [0.15, 0.2) is 5.82 Å². The van der Waals surface area contributed by atoms with Gasteiger partial charge in [0.2, 0.25) is 5.95 Å². The Kier molecular flexibility index (Phi) is 5.13. The van der Waals surface area contributed by atoms with Gasteiger partial charge in [-0.25, -0.2) is 15.0 Å². The lowest BCUT2D eigenvalue weighted by atomic mass is 9.96. The van der Waals surface area contributed by atoms with Gasteiger partial charge in [-0.3, -0.25) is 9.88 Å². The van der Waals surface area contributed by atoms with Crippen LogP contribution in [0.1, 0.15) is 0 Å². The van der Waals surface area contributed by atoms with Crippen molar-refractivity contribution in [2.75, 3.05) is 4.90 Å². The molecule has 0 unspecified atom stereocenters. The van der Waals surface area contributed by atoms with Gasteiger partial charge < -0.3 is 0 Å². The van der Waals surface area contributed by atoms with Crippen molar-refractivity contribution in [3.63, 3.8) is 0 Å². The Labute approximate surface area is 247 Å². The van der Waals surface area contributed by atoms with E-state index in [0.717, 1.165) is 66.6 Å². The highest BCUT2D eigenvalue weighted by molar-refractivity contribution is 6.19. The lowest BCUT2D eigenvalue weighted by Gasteiger charge is -2.31. The molecular formula is C38H23N5. The lowest BCUT2D eigenvalue weighted by molar-refractivity contribution is 1.08. The largest absolute Gasteiger partial charge is 0.262 e. The molecule has 1 aliphatic heterocycles. The van der Waals surface area contributed by atoms with Crippen LogP contribution in [0, 0.1) is 0 Å². The van der Waals surface area contributed by atoms with Gasteiger partial charge in [0.05, 0.1) is 33.5 Å². The van der Waals surface area contributed by atoms with Gasteiger partial charge in [0, 0.05) is 28.1 Å². The van der Waals surface area contributed by atoms with Crippen LogP contribution in [0.5, 0.6) is 0 Å². The van der Waals surface area contributed by atoms with Gasteiger partial charge in [0.25, 0.3) is 0 Å². The maximum Gasteiger partial charge on any atom is 0.237 e. The topological polar surface area (TPSA) is 54.8 Å². The lowest BCUT2D eigenvalue weighted by Crippen LogP contribution is -2.19. The number of fused-ring (bicyclic) bond motifs is 5. The van der Waals surface area contributed by atoms with E-state index in [2.05, 4.69) is 108 Å². The van der Waals surface area contributed by atoms with Gasteiger partial charge in [-0.1, -0.05) is 109 Å². The van der Waals surface area contributed by atoms with Crippen LogP contribution in [-0.2, 0) is 0 Å². The molecule has 0 saturated heterocycles. The first-order valence-corrected chi connectivity index (χ1v) is 14.3. The van der Waals surface area contributed by atoms with E-state index >= 15 is 0 Å². The fourth-order valence-electron chi connectivity index (χ4n) is 6.27. The Bertz CT molecular complexity index is 2350. The molecule has 200 valence electrons. The number of aromatic nitrogens is 4. The number of hydrogen-bond donors (Lipinski definition) is 0. The predicted octanol–water partition coefficient (Wildman–Crippen LogP) is 9.51. The summed E-state index contributed by atoms with van der Waals surface area (Å²) in [5.74, 6) is 1.36. The number of pyridine rings is 2. The van der Waals surface area contributed by atoms with Gasteiger partial charge in [-0.05, 0) is 40.8 Å². The monoisotopic (exact) mass is 549 g/mol. The van der Waals surface area contributed by atoms with Crippen molar-refractivity contribution in [1.82, 2.24) is 19.9 Å². The van der Waals surface area contributed by atoms with Gasteiger partial charge in [0.1, 0.15) is 0 Å². The summed E-state index contributed by atoms with van der Waals surface area (Å²) >= 11 is 0. The summed E-state index contributed by atoms with van der Waals surface area (Å²) in [4.78, 5) is 22.6. The molecule has 0 saturated carbocycles. The zero-order valence-electron chi connectivity index (χ0n) is 23.0. The average Bonchev–Trinajstić information content (AvgIpc) is 3.08. The van der Waals surface area contributed by atoms with Crippen LogP contribution in [-0.4, -0.2) is 19.9 Å². The Hall–Kier alpha value is -5.94. The molecule has 0 spiro atoms. The van der Waals surface area contributed by atoms with Gasteiger partial charge in [-0.15, -0.1) is 0 Å². The highest BCUT2D eigenvalue weighted by Crippen LogP contribution is 2.50. The molecule has 5 aromatic carbocycles. The molecule has 0 amide bonds. The highest BCUT2D eigenvalue weighted by atomic mass is 15.3. The Morgan fingerprint density at radius 2 is 1.09 bits per heavy atom. The number of benzene rings is 5. The normalized spacial score (nSPS) is 12.1. The first-order chi connectivity index (χ1) is 21.3. The molecule has 5 heteroatoms. The summed E-state index contributed by atoms with van der Waals surface area (Å²) in [6.07, 6.45) is 1.89. The summed E-state index contributed by atoms with van der Waals surface area (Å²) in [6, 6.07) is 45.9. The van der Waals surface area contributed by atoms with Crippen molar-refractivity contribution >= 4 is 50.0 Å². The van der Waals surface area contributed by atoms with Gasteiger partial charge in [-0.2, -0.15) is 0 Å². The minimum Gasteiger partial charge on any atom is -0.262 e. The summed E-state index contributed by atoms with van der Waals surface area (Å²) in [5.41, 5.74) is 8.97. The molecule has 9 rings (SSSR count). The standard InChI is InChI=1S/C38H23N5/c1-2-10-24(11-3-1)25-18-20-26(21-19-25)35-29-13-5-8-16-32(29)41-38(42-35)43-33-17-9-6-14-30(33)36-34-28(22-23-39-36)27-12-4-7-15-31(27)40-37(34)43/h1-23H. The van der Waals surface area contributed by atoms with Crippen molar-refractivity contribution in [1.29, 1.82) is 0 Å². The molecule has 0 atom stereocenters. The Morgan fingerprint density at radius 1 is 0.442 bits per heavy atom. The third kappa shape index (κ3) is 3.65. The van der Waals surface area contributed by atoms with E-state index in [1.54, 1.807) is 0 Å². The molecule has 0 fully saturated rings. The Balaban J connectivity index is 1.31. The number of anilines is 3. The second-order valence-corrected chi connectivity index (χ2v) is 10.7. The molecular weight excluding hydrogens is 526 g/mol. The predicted molar refractivity (Wildman–Crippen MR) is 175 cm³/mol. The van der Waals surface area contributed by atoms with E-state index in [-0.39, 0.29) is 0 Å². The smallest absolute Gasteiger partial charge is 0.237 e. The molecule has 0 radical (unpaired) electrons. The molecule has 0 aliphatic carbocycles. The van der Waals surface area contributed by atoms with E-state index in [9.17, 15) is 0 Å². The van der Waals surface area contributed by atoms with Crippen LogP contribution in [0.4, 0.5) is 17.5 Å². The molecule has 4 heterocycles. The third-order valence-corrected chi connectivity index (χ3v) is 8.26. The van der Waals surface area contributed by atoms with Crippen LogP contribution in [0.2, 0.25) is 0 Å². The zero-order valence-corrected chi connectivity index (χ0v) is 23.0. The molecule has 0 bridgehead atoms. The summed E-state index contributed by atoms with van der Waals surface area (Å²) in [7, 11) is 0. The van der Waals surface area contributed by atoms with Gasteiger partial charge >= 0.3 is 0 Å². The van der Waals surface area contributed by atoms with E-state index in [1.165, 1.54) is 11.1 Å². The van der Waals surface area contributed by atoms with Crippen LogP contribution in [0.15, 0.2) is 140 Å².